The molecule has 0 aromatic carbocycles. The van der Waals surface area contributed by atoms with Gasteiger partial charge in [-0.3, -0.25) is 0 Å². The number of hydrogen-bond donors (Lipinski definition) is 1. The van der Waals surface area contributed by atoms with Gasteiger partial charge < -0.3 is 9.88 Å². The van der Waals surface area contributed by atoms with Crippen LogP contribution in [0.5, 0.6) is 0 Å². The number of nitrogens with one attached hydrogen (secondary N) is 1. The molecule has 3 nitrogen and oxygen atoms in total. The van der Waals surface area contributed by atoms with E-state index >= 15 is 0 Å². The Morgan fingerprint density at radius 1 is 1.60 bits per heavy atom. The molecular weight excluding hydrogens is 186 g/mol. The Kier molecular flexibility index (Phi) is 2.79. The minimum atomic E-state index is 0.296. The number of nitrogens with zero attached hydrogens (tertiary/aromatic N) is 2. The van der Waals surface area contributed by atoms with Gasteiger partial charge in [-0.05, 0) is 31.5 Å². The zero-order valence-electron chi connectivity index (χ0n) is 9.16. The SMILES string of the molecule is CNCc1ccn(CC2(CC#N)CC2)c1. The molecule has 1 heterocycles. The lowest BCUT2D eigenvalue weighted by Gasteiger charge is -2.11. The molecule has 1 aromatic heterocycles. The molecule has 1 aliphatic rings. The van der Waals surface area contributed by atoms with E-state index in [4.69, 9.17) is 5.26 Å². The van der Waals surface area contributed by atoms with E-state index in [2.05, 4.69) is 34.4 Å². The average molecular weight is 203 g/mol. The topological polar surface area (TPSA) is 40.8 Å². The molecule has 0 aliphatic heterocycles. The van der Waals surface area contributed by atoms with Gasteiger partial charge in [0, 0.05) is 37.3 Å². The lowest BCUT2D eigenvalue weighted by molar-refractivity contribution is 0.432. The van der Waals surface area contributed by atoms with Crippen LogP contribution in [0.2, 0.25) is 0 Å². The van der Waals surface area contributed by atoms with Gasteiger partial charge in [-0.25, -0.2) is 0 Å². The maximum absolute atomic E-state index is 8.74. The summed E-state index contributed by atoms with van der Waals surface area (Å²) in [6.45, 7) is 1.92. The fourth-order valence-corrected chi connectivity index (χ4v) is 2.02. The van der Waals surface area contributed by atoms with Crippen molar-refractivity contribution >= 4 is 0 Å². The van der Waals surface area contributed by atoms with E-state index in [0.717, 1.165) is 13.1 Å². The van der Waals surface area contributed by atoms with Gasteiger partial charge in [-0.2, -0.15) is 5.26 Å². The Morgan fingerprint density at radius 2 is 2.40 bits per heavy atom. The first-order valence-electron chi connectivity index (χ1n) is 5.44. The van der Waals surface area contributed by atoms with Gasteiger partial charge in [0.2, 0.25) is 0 Å². The van der Waals surface area contributed by atoms with Crippen LogP contribution >= 0.6 is 0 Å². The van der Waals surface area contributed by atoms with E-state index in [-0.39, 0.29) is 0 Å². The van der Waals surface area contributed by atoms with Crippen LogP contribution < -0.4 is 5.32 Å². The second kappa shape index (κ2) is 4.08. The van der Waals surface area contributed by atoms with Crippen molar-refractivity contribution in [2.75, 3.05) is 7.05 Å². The quantitative estimate of drug-likeness (QED) is 0.794. The number of rotatable bonds is 5. The first kappa shape index (κ1) is 10.3. The predicted molar refractivity (Wildman–Crippen MR) is 59.1 cm³/mol. The smallest absolute Gasteiger partial charge is 0.0628 e. The molecule has 1 fully saturated rings. The molecule has 15 heavy (non-hydrogen) atoms. The van der Waals surface area contributed by atoms with Crippen molar-refractivity contribution in [2.24, 2.45) is 5.41 Å². The molecule has 0 amide bonds. The fraction of sp³-hybridized carbons (Fsp3) is 0.583. The number of hydrogen-bond acceptors (Lipinski definition) is 2. The summed E-state index contributed by atoms with van der Waals surface area (Å²) in [4.78, 5) is 0. The highest BCUT2D eigenvalue weighted by Gasteiger charge is 2.42. The molecule has 0 spiro atoms. The van der Waals surface area contributed by atoms with Gasteiger partial charge in [0.15, 0.2) is 0 Å². The second-order valence-electron chi connectivity index (χ2n) is 4.56. The summed E-state index contributed by atoms with van der Waals surface area (Å²) in [5.74, 6) is 0. The molecule has 3 heteroatoms. The third kappa shape index (κ3) is 2.40. The summed E-state index contributed by atoms with van der Waals surface area (Å²) in [7, 11) is 1.95. The standard InChI is InChI=1S/C12H17N3/c1-14-8-11-2-7-15(9-11)10-12(3-4-12)5-6-13/h2,7,9,14H,3-5,8,10H2,1H3. The van der Waals surface area contributed by atoms with Crippen molar-refractivity contribution in [1.82, 2.24) is 9.88 Å². The summed E-state index contributed by atoms with van der Waals surface area (Å²) >= 11 is 0. The zero-order valence-corrected chi connectivity index (χ0v) is 9.16. The van der Waals surface area contributed by atoms with Gasteiger partial charge in [0.05, 0.1) is 6.07 Å². The van der Waals surface area contributed by atoms with Crippen LogP contribution in [0, 0.1) is 16.7 Å². The minimum absolute atomic E-state index is 0.296. The number of aromatic nitrogens is 1. The highest BCUT2D eigenvalue weighted by molar-refractivity contribution is 5.11. The maximum Gasteiger partial charge on any atom is 0.0628 e. The summed E-state index contributed by atoms with van der Waals surface area (Å²) in [5, 5.41) is 11.9. The van der Waals surface area contributed by atoms with Gasteiger partial charge >= 0.3 is 0 Å². The minimum Gasteiger partial charge on any atom is -0.353 e. The van der Waals surface area contributed by atoms with Crippen molar-refractivity contribution in [2.45, 2.75) is 32.4 Å². The monoisotopic (exact) mass is 203 g/mol. The van der Waals surface area contributed by atoms with Gasteiger partial charge in [0.25, 0.3) is 0 Å². The normalized spacial score (nSPS) is 17.3. The van der Waals surface area contributed by atoms with Gasteiger partial charge in [0.1, 0.15) is 0 Å². The molecule has 0 radical (unpaired) electrons. The van der Waals surface area contributed by atoms with E-state index < -0.39 is 0 Å². The summed E-state index contributed by atoms with van der Waals surface area (Å²) in [6.07, 6.45) is 7.41. The molecule has 1 aliphatic carbocycles. The average Bonchev–Trinajstić information content (AvgIpc) is 2.80. The van der Waals surface area contributed by atoms with Crippen LogP contribution in [0.4, 0.5) is 0 Å². The molecule has 0 unspecified atom stereocenters. The van der Waals surface area contributed by atoms with Crippen molar-refractivity contribution in [3.8, 4) is 6.07 Å². The van der Waals surface area contributed by atoms with Crippen LogP contribution in [-0.4, -0.2) is 11.6 Å². The van der Waals surface area contributed by atoms with Crippen LogP contribution in [-0.2, 0) is 13.1 Å². The molecule has 80 valence electrons. The summed E-state index contributed by atoms with van der Waals surface area (Å²) in [5.41, 5.74) is 1.61. The molecule has 1 saturated carbocycles. The highest BCUT2D eigenvalue weighted by atomic mass is 15.0. The summed E-state index contributed by atoms with van der Waals surface area (Å²) < 4.78 is 2.22. The third-order valence-corrected chi connectivity index (χ3v) is 3.12. The fourth-order valence-electron chi connectivity index (χ4n) is 2.02. The van der Waals surface area contributed by atoms with Crippen LogP contribution in [0.1, 0.15) is 24.8 Å². The zero-order chi connectivity index (χ0) is 10.7. The summed E-state index contributed by atoms with van der Waals surface area (Å²) in [6, 6.07) is 4.43. The number of nitriles is 1. The first-order valence-corrected chi connectivity index (χ1v) is 5.44. The van der Waals surface area contributed by atoms with Crippen molar-refractivity contribution in [3.05, 3.63) is 24.0 Å². The largest absolute Gasteiger partial charge is 0.353 e. The van der Waals surface area contributed by atoms with E-state index in [0.29, 0.717) is 11.8 Å². The molecular formula is C12H17N3. The molecule has 0 saturated heterocycles. The Morgan fingerprint density at radius 3 is 3.00 bits per heavy atom. The second-order valence-corrected chi connectivity index (χ2v) is 4.56. The molecule has 0 bridgehead atoms. The van der Waals surface area contributed by atoms with Crippen molar-refractivity contribution in [1.29, 1.82) is 5.26 Å². The van der Waals surface area contributed by atoms with Crippen LogP contribution in [0.15, 0.2) is 18.5 Å². The molecule has 1 N–H and O–H groups in total. The lowest BCUT2D eigenvalue weighted by Crippen LogP contribution is -2.10. The van der Waals surface area contributed by atoms with Crippen LogP contribution in [0.25, 0.3) is 0 Å². The molecule has 0 atom stereocenters. The Hall–Kier alpha value is -1.27. The molecule has 1 aromatic rings. The van der Waals surface area contributed by atoms with Crippen molar-refractivity contribution < 1.29 is 0 Å². The first-order chi connectivity index (χ1) is 7.28. The predicted octanol–water partition coefficient (Wildman–Crippen LogP) is 1.90. The van der Waals surface area contributed by atoms with Crippen LogP contribution in [0.3, 0.4) is 0 Å². The van der Waals surface area contributed by atoms with Gasteiger partial charge in [-0.15, -0.1) is 0 Å². The Bertz CT molecular complexity index is 368. The third-order valence-electron chi connectivity index (χ3n) is 3.12. The lowest BCUT2D eigenvalue weighted by atomic mass is 10.0. The van der Waals surface area contributed by atoms with Crippen molar-refractivity contribution in [3.63, 3.8) is 0 Å². The van der Waals surface area contributed by atoms with E-state index in [1.165, 1.54) is 18.4 Å². The Balaban J connectivity index is 1.96. The maximum atomic E-state index is 8.74. The van der Waals surface area contributed by atoms with E-state index in [9.17, 15) is 0 Å². The Labute approximate surface area is 90.7 Å². The van der Waals surface area contributed by atoms with E-state index in [1.54, 1.807) is 0 Å². The van der Waals surface area contributed by atoms with Gasteiger partial charge in [-0.1, -0.05) is 0 Å². The molecule has 2 rings (SSSR count). The highest BCUT2D eigenvalue weighted by Crippen LogP contribution is 2.49. The van der Waals surface area contributed by atoms with E-state index in [1.807, 2.05) is 7.05 Å².